The summed E-state index contributed by atoms with van der Waals surface area (Å²) in [6, 6.07) is 64.8. The third kappa shape index (κ3) is 5.23. The Balaban J connectivity index is 1.20. The van der Waals surface area contributed by atoms with Crippen LogP contribution >= 0.6 is 0 Å². The number of benzene rings is 8. The Morgan fingerprint density at radius 3 is 1.78 bits per heavy atom. The Kier molecular flexibility index (Phi) is 7.70. The molecule has 0 bridgehead atoms. The van der Waals surface area contributed by atoms with Gasteiger partial charge in [-0.1, -0.05) is 190 Å². The first-order valence-electron chi connectivity index (χ1n) is 19.1. The zero-order valence-electron chi connectivity index (χ0n) is 30.7. The fourth-order valence-corrected chi connectivity index (χ4v) is 9.28. The van der Waals surface area contributed by atoms with Gasteiger partial charge in [0.2, 0.25) is 0 Å². The number of rotatable bonds is 6. The molecule has 0 amide bonds. The molecule has 0 fully saturated rings. The van der Waals surface area contributed by atoms with E-state index >= 15 is 0 Å². The maximum Gasteiger partial charge on any atom is 0.0618 e. The summed E-state index contributed by atoms with van der Waals surface area (Å²) in [5.41, 5.74) is 13.7. The van der Waals surface area contributed by atoms with Crippen molar-refractivity contribution < 1.29 is 0 Å². The SMILES string of the molecule is CC1(C)c2cc(N(c3ccc(-c4ccc5ccccc5c4-c4ccccc4)cc3)c3c(-c4ccccc4)ccc4ccccc34)ccc2C2C=CC=CC21. The lowest BCUT2D eigenvalue weighted by Crippen LogP contribution is -2.24. The fraction of sp³-hybridized carbons (Fsp3) is 0.0943. The van der Waals surface area contributed by atoms with E-state index in [1.165, 1.54) is 77.4 Å². The van der Waals surface area contributed by atoms with Crippen molar-refractivity contribution in [3.8, 4) is 33.4 Å². The summed E-state index contributed by atoms with van der Waals surface area (Å²) in [6.07, 6.45) is 9.25. The molecule has 0 heterocycles. The van der Waals surface area contributed by atoms with Crippen molar-refractivity contribution in [2.45, 2.75) is 25.2 Å². The number of hydrogen-bond donors (Lipinski definition) is 0. The molecular weight excluding hydrogens is 651 g/mol. The molecule has 0 saturated carbocycles. The van der Waals surface area contributed by atoms with Crippen molar-refractivity contribution in [2.75, 3.05) is 4.90 Å². The molecule has 54 heavy (non-hydrogen) atoms. The molecule has 2 aliphatic rings. The lowest BCUT2D eigenvalue weighted by molar-refractivity contribution is 0.394. The van der Waals surface area contributed by atoms with Crippen molar-refractivity contribution in [3.63, 3.8) is 0 Å². The van der Waals surface area contributed by atoms with E-state index in [4.69, 9.17) is 0 Å². The Labute approximate surface area is 318 Å². The average Bonchev–Trinajstić information content (AvgIpc) is 3.46. The van der Waals surface area contributed by atoms with Gasteiger partial charge in [0.15, 0.2) is 0 Å². The number of anilines is 3. The molecule has 0 saturated heterocycles. The summed E-state index contributed by atoms with van der Waals surface area (Å²) < 4.78 is 0. The minimum atomic E-state index is -0.00225. The van der Waals surface area contributed by atoms with Gasteiger partial charge in [0.25, 0.3) is 0 Å². The van der Waals surface area contributed by atoms with Gasteiger partial charge in [-0.25, -0.2) is 0 Å². The summed E-state index contributed by atoms with van der Waals surface area (Å²) in [7, 11) is 0. The molecule has 0 aromatic heterocycles. The van der Waals surface area contributed by atoms with Crippen molar-refractivity contribution >= 4 is 38.6 Å². The predicted molar refractivity (Wildman–Crippen MR) is 230 cm³/mol. The third-order valence-corrected chi connectivity index (χ3v) is 12.0. The quantitative estimate of drug-likeness (QED) is 0.168. The summed E-state index contributed by atoms with van der Waals surface area (Å²) in [6.45, 7) is 4.84. The average molecular weight is 692 g/mol. The molecule has 10 rings (SSSR count). The molecule has 0 radical (unpaired) electrons. The van der Waals surface area contributed by atoms with Crippen molar-refractivity contribution in [1.29, 1.82) is 0 Å². The lowest BCUT2D eigenvalue weighted by Gasteiger charge is -2.32. The molecule has 8 aromatic rings. The lowest BCUT2D eigenvalue weighted by atomic mass is 9.74. The Morgan fingerprint density at radius 2 is 1.04 bits per heavy atom. The number of fused-ring (bicyclic) bond motifs is 5. The highest BCUT2D eigenvalue weighted by molar-refractivity contribution is 6.07. The number of allylic oxidation sites excluding steroid dienone is 4. The Bertz CT molecular complexity index is 2730. The van der Waals surface area contributed by atoms with E-state index in [2.05, 4.69) is 219 Å². The summed E-state index contributed by atoms with van der Waals surface area (Å²) in [5.74, 6) is 0.846. The largest absolute Gasteiger partial charge is 0.309 e. The van der Waals surface area contributed by atoms with Gasteiger partial charge in [0.1, 0.15) is 0 Å². The maximum atomic E-state index is 2.51. The fourth-order valence-electron chi connectivity index (χ4n) is 9.28. The predicted octanol–water partition coefficient (Wildman–Crippen LogP) is 14.6. The van der Waals surface area contributed by atoms with Gasteiger partial charge >= 0.3 is 0 Å². The first kappa shape index (κ1) is 32.2. The van der Waals surface area contributed by atoms with Gasteiger partial charge in [-0.05, 0) is 90.7 Å². The van der Waals surface area contributed by atoms with Crippen LogP contribution < -0.4 is 4.90 Å². The molecule has 8 aromatic carbocycles. The first-order valence-corrected chi connectivity index (χ1v) is 19.1. The first-order chi connectivity index (χ1) is 26.6. The highest BCUT2D eigenvalue weighted by atomic mass is 15.1. The molecule has 2 atom stereocenters. The second-order valence-electron chi connectivity index (χ2n) is 15.3. The zero-order valence-corrected chi connectivity index (χ0v) is 30.7. The van der Waals surface area contributed by atoms with E-state index in [-0.39, 0.29) is 5.41 Å². The van der Waals surface area contributed by atoms with Crippen LogP contribution in [0.1, 0.15) is 30.9 Å². The molecular formula is C53H41N. The summed E-state index contributed by atoms with van der Waals surface area (Å²) in [4.78, 5) is 2.51. The smallest absolute Gasteiger partial charge is 0.0618 e. The molecule has 0 N–H and O–H groups in total. The van der Waals surface area contributed by atoms with Crippen molar-refractivity contribution in [3.05, 3.63) is 211 Å². The Hall–Kier alpha value is -6.44. The standard InChI is InChI=1S/C53H41N/c1-53(2)49-24-14-13-23-47(49)48-34-31-42(35-50(48)53)54(52-45-22-12-10-18-38(45)28-33-46(52)36-15-5-3-6-16-36)41-29-25-39(26-30-41)44-32-27-37-17-9-11-21-43(37)51(44)40-19-7-4-8-20-40/h3-35,47,49H,1-2H3. The van der Waals surface area contributed by atoms with E-state index < -0.39 is 0 Å². The summed E-state index contributed by atoms with van der Waals surface area (Å²) in [5, 5.41) is 4.96. The van der Waals surface area contributed by atoms with Crippen LogP contribution in [0.5, 0.6) is 0 Å². The highest BCUT2D eigenvalue weighted by Crippen LogP contribution is 2.55. The normalized spacial score (nSPS) is 16.7. The molecule has 0 spiro atoms. The van der Waals surface area contributed by atoms with Gasteiger partial charge < -0.3 is 4.90 Å². The molecule has 258 valence electrons. The van der Waals surface area contributed by atoms with Crippen LogP contribution in [0.4, 0.5) is 17.1 Å². The Morgan fingerprint density at radius 1 is 0.463 bits per heavy atom. The topological polar surface area (TPSA) is 3.24 Å². The van der Waals surface area contributed by atoms with Crippen LogP contribution in [0.3, 0.4) is 0 Å². The maximum absolute atomic E-state index is 2.51. The van der Waals surface area contributed by atoms with Gasteiger partial charge in [0.05, 0.1) is 5.69 Å². The second kappa shape index (κ2) is 12.9. The van der Waals surface area contributed by atoms with Gasteiger partial charge in [-0.3, -0.25) is 0 Å². The van der Waals surface area contributed by atoms with E-state index in [0.29, 0.717) is 11.8 Å². The van der Waals surface area contributed by atoms with Gasteiger partial charge in [-0.2, -0.15) is 0 Å². The van der Waals surface area contributed by atoms with E-state index in [1.807, 2.05) is 0 Å². The minimum absolute atomic E-state index is 0.00225. The second-order valence-corrected chi connectivity index (χ2v) is 15.3. The van der Waals surface area contributed by atoms with Crippen LogP contribution in [0.25, 0.3) is 54.9 Å². The van der Waals surface area contributed by atoms with E-state index in [1.54, 1.807) is 0 Å². The van der Waals surface area contributed by atoms with E-state index in [0.717, 1.165) is 5.69 Å². The van der Waals surface area contributed by atoms with Gasteiger partial charge in [0, 0.05) is 28.2 Å². The zero-order chi connectivity index (χ0) is 36.2. The van der Waals surface area contributed by atoms with Crippen molar-refractivity contribution in [1.82, 2.24) is 0 Å². The molecule has 1 heteroatoms. The van der Waals surface area contributed by atoms with Crippen LogP contribution in [0.2, 0.25) is 0 Å². The number of hydrogen-bond acceptors (Lipinski definition) is 1. The minimum Gasteiger partial charge on any atom is -0.309 e. The molecule has 2 aliphatic carbocycles. The monoisotopic (exact) mass is 691 g/mol. The van der Waals surface area contributed by atoms with Crippen molar-refractivity contribution in [2.24, 2.45) is 5.92 Å². The van der Waals surface area contributed by atoms with E-state index in [9.17, 15) is 0 Å². The van der Waals surface area contributed by atoms with Crippen LogP contribution in [-0.4, -0.2) is 0 Å². The molecule has 1 nitrogen and oxygen atoms in total. The van der Waals surface area contributed by atoms with Gasteiger partial charge in [-0.15, -0.1) is 0 Å². The van der Waals surface area contributed by atoms with Crippen LogP contribution in [-0.2, 0) is 5.41 Å². The van der Waals surface area contributed by atoms with Crippen LogP contribution in [0.15, 0.2) is 200 Å². The molecule has 2 unspecified atom stereocenters. The highest BCUT2D eigenvalue weighted by Gasteiger charge is 2.44. The number of nitrogens with zero attached hydrogens (tertiary/aromatic N) is 1. The summed E-state index contributed by atoms with van der Waals surface area (Å²) >= 11 is 0. The van der Waals surface area contributed by atoms with Crippen LogP contribution in [0, 0.1) is 5.92 Å². The molecule has 0 aliphatic heterocycles. The third-order valence-electron chi connectivity index (χ3n) is 12.0.